The van der Waals surface area contributed by atoms with E-state index in [4.69, 9.17) is 14.5 Å². The molecule has 0 radical (unpaired) electrons. The van der Waals surface area contributed by atoms with Gasteiger partial charge in [-0.2, -0.15) is 5.10 Å². The van der Waals surface area contributed by atoms with Gasteiger partial charge < -0.3 is 19.7 Å². The smallest absolute Gasteiger partial charge is 0.212 e. The number of hydrogen-bond acceptors (Lipinski definition) is 8. The molecule has 5 aromatic rings. The second-order valence-electron chi connectivity index (χ2n) is 10.5. The van der Waals surface area contributed by atoms with Crippen molar-refractivity contribution in [2.75, 3.05) is 31.7 Å². The number of aromatic amines is 1. The predicted molar refractivity (Wildman–Crippen MR) is 149 cm³/mol. The number of anilines is 1. The third kappa shape index (κ3) is 4.44. The molecule has 2 N–H and O–H groups in total. The van der Waals surface area contributed by atoms with Crippen molar-refractivity contribution in [3.05, 3.63) is 60.7 Å². The first kappa shape index (κ1) is 23.9. The highest BCUT2D eigenvalue weighted by atomic mass is 16.5. The second-order valence-corrected chi connectivity index (χ2v) is 10.5. The van der Waals surface area contributed by atoms with Crippen LogP contribution < -0.4 is 19.7 Å². The Balaban J connectivity index is 1.03. The van der Waals surface area contributed by atoms with Gasteiger partial charge in [0.15, 0.2) is 5.65 Å². The lowest BCUT2D eigenvalue weighted by atomic mass is 10.0. The van der Waals surface area contributed by atoms with Crippen LogP contribution in [-0.2, 0) is 6.54 Å². The summed E-state index contributed by atoms with van der Waals surface area (Å²) in [4.78, 5) is 11.7. The topological polar surface area (TPSA) is 105 Å². The first-order chi connectivity index (χ1) is 19.2. The Labute approximate surface area is 226 Å². The molecule has 200 valence electrons. The van der Waals surface area contributed by atoms with E-state index in [1.807, 2.05) is 42.3 Å². The molecule has 5 aromatic heterocycles. The molecule has 2 aliphatic rings. The maximum absolute atomic E-state index is 5.83. The minimum atomic E-state index is 0.551. The standard InChI is InChI=1S/C29H32N8O2/c1-3-39-23-10-24(28-25-14-33-34-29(25)35-37(28)17-23)19-5-6-26(31-13-19)36-15-20-8-22(9-21(20)16-36)30-11-18-4-7-27(38-2)32-12-18/h4-7,10,12-14,17,20-22,30H,3,8-9,11,15-16H2,1-2H3,(H,34,35)/t20-,21?,22+/m0/s1. The van der Waals surface area contributed by atoms with E-state index in [1.54, 1.807) is 7.11 Å². The van der Waals surface area contributed by atoms with Gasteiger partial charge in [0.25, 0.3) is 0 Å². The molecule has 0 aromatic carbocycles. The third-order valence-corrected chi connectivity index (χ3v) is 8.15. The van der Waals surface area contributed by atoms with Crippen LogP contribution in [0, 0.1) is 11.8 Å². The molecule has 6 heterocycles. The van der Waals surface area contributed by atoms with E-state index in [9.17, 15) is 0 Å². The van der Waals surface area contributed by atoms with E-state index in [1.165, 1.54) is 18.4 Å². The van der Waals surface area contributed by atoms with E-state index in [-0.39, 0.29) is 0 Å². The van der Waals surface area contributed by atoms with E-state index >= 15 is 0 Å². The molecule has 1 unspecified atom stereocenters. The van der Waals surface area contributed by atoms with Gasteiger partial charge in [0, 0.05) is 55.3 Å². The molecule has 7 rings (SSSR count). The molecule has 1 saturated carbocycles. The summed E-state index contributed by atoms with van der Waals surface area (Å²) in [5, 5.41) is 16.5. The van der Waals surface area contributed by atoms with Crippen LogP contribution in [0.25, 0.3) is 27.7 Å². The highest BCUT2D eigenvalue weighted by Gasteiger charge is 2.41. The molecule has 10 nitrogen and oxygen atoms in total. The monoisotopic (exact) mass is 524 g/mol. The Morgan fingerprint density at radius 3 is 2.64 bits per heavy atom. The minimum absolute atomic E-state index is 0.551. The first-order valence-electron chi connectivity index (χ1n) is 13.6. The molecule has 1 saturated heterocycles. The van der Waals surface area contributed by atoms with E-state index in [2.05, 4.69) is 54.8 Å². The Bertz CT molecular complexity index is 1580. The molecule has 0 spiro atoms. The highest BCUT2D eigenvalue weighted by molar-refractivity contribution is 6.00. The van der Waals surface area contributed by atoms with Gasteiger partial charge >= 0.3 is 0 Å². The Kier molecular flexibility index (Phi) is 6.04. The van der Waals surface area contributed by atoms with Crippen molar-refractivity contribution in [3.8, 4) is 22.8 Å². The largest absolute Gasteiger partial charge is 0.492 e. The average molecular weight is 525 g/mol. The number of aromatic nitrogens is 6. The van der Waals surface area contributed by atoms with Crippen molar-refractivity contribution in [3.63, 3.8) is 0 Å². The lowest BCUT2D eigenvalue weighted by molar-refractivity contribution is 0.338. The van der Waals surface area contributed by atoms with Crippen molar-refractivity contribution in [1.82, 2.24) is 35.1 Å². The van der Waals surface area contributed by atoms with E-state index < -0.39 is 0 Å². The van der Waals surface area contributed by atoms with Crippen molar-refractivity contribution in [2.45, 2.75) is 32.4 Å². The maximum atomic E-state index is 5.83. The Morgan fingerprint density at radius 1 is 1.05 bits per heavy atom. The quantitative estimate of drug-likeness (QED) is 0.313. The first-order valence-corrected chi connectivity index (χ1v) is 13.6. The fourth-order valence-corrected chi connectivity index (χ4v) is 6.29. The van der Waals surface area contributed by atoms with Gasteiger partial charge in [-0.1, -0.05) is 6.07 Å². The molecule has 10 heteroatoms. The maximum Gasteiger partial charge on any atom is 0.212 e. The number of ether oxygens (including phenoxy) is 2. The van der Waals surface area contributed by atoms with Crippen molar-refractivity contribution in [1.29, 1.82) is 0 Å². The normalized spacial score (nSPS) is 20.7. The van der Waals surface area contributed by atoms with E-state index in [0.29, 0.717) is 30.4 Å². The van der Waals surface area contributed by atoms with E-state index in [0.717, 1.165) is 58.9 Å². The number of hydrogen-bond donors (Lipinski definition) is 2. The summed E-state index contributed by atoms with van der Waals surface area (Å²) in [5.41, 5.74) is 5.00. The summed E-state index contributed by atoms with van der Waals surface area (Å²) in [6, 6.07) is 10.9. The summed E-state index contributed by atoms with van der Waals surface area (Å²) in [6.45, 7) is 5.53. The fraction of sp³-hybridized carbons (Fsp3) is 0.379. The van der Waals surface area contributed by atoms with Crippen molar-refractivity contribution >= 4 is 22.4 Å². The lowest BCUT2D eigenvalue weighted by Crippen LogP contribution is -2.30. The van der Waals surface area contributed by atoms with Crippen LogP contribution in [-0.4, -0.2) is 62.6 Å². The van der Waals surface area contributed by atoms with Crippen LogP contribution in [0.5, 0.6) is 11.6 Å². The van der Waals surface area contributed by atoms with Crippen LogP contribution >= 0.6 is 0 Å². The zero-order valence-corrected chi connectivity index (χ0v) is 22.2. The van der Waals surface area contributed by atoms with Crippen LogP contribution in [0.15, 0.2) is 55.1 Å². The second kappa shape index (κ2) is 9.85. The van der Waals surface area contributed by atoms with Gasteiger partial charge in [-0.25, -0.2) is 14.5 Å². The average Bonchev–Trinajstić information content (AvgIpc) is 3.73. The number of fused-ring (bicyclic) bond motifs is 4. The van der Waals surface area contributed by atoms with Gasteiger partial charge in [-0.15, -0.1) is 5.10 Å². The van der Waals surface area contributed by atoms with Crippen LogP contribution in [0.1, 0.15) is 25.3 Å². The summed E-state index contributed by atoms with van der Waals surface area (Å²) in [7, 11) is 1.64. The summed E-state index contributed by atoms with van der Waals surface area (Å²) in [6.07, 6.45) is 10.0. The molecule has 3 atom stereocenters. The molecule has 0 bridgehead atoms. The Hall–Kier alpha value is -4.18. The van der Waals surface area contributed by atoms with Crippen LogP contribution in [0.3, 0.4) is 0 Å². The predicted octanol–water partition coefficient (Wildman–Crippen LogP) is 4.08. The minimum Gasteiger partial charge on any atom is -0.492 e. The fourth-order valence-electron chi connectivity index (χ4n) is 6.29. The van der Waals surface area contributed by atoms with Crippen LogP contribution in [0.2, 0.25) is 0 Å². The Morgan fingerprint density at radius 2 is 1.92 bits per heavy atom. The zero-order valence-electron chi connectivity index (χ0n) is 22.2. The van der Waals surface area contributed by atoms with Crippen LogP contribution in [0.4, 0.5) is 5.82 Å². The number of pyridine rings is 3. The lowest BCUT2D eigenvalue weighted by Gasteiger charge is -2.21. The molecule has 39 heavy (non-hydrogen) atoms. The van der Waals surface area contributed by atoms with Crippen molar-refractivity contribution in [2.24, 2.45) is 11.8 Å². The van der Waals surface area contributed by atoms with Gasteiger partial charge in [-0.3, -0.25) is 5.10 Å². The molecule has 1 aliphatic heterocycles. The van der Waals surface area contributed by atoms with Gasteiger partial charge in [-0.05, 0) is 55.4 Å². The molecular formula is C29H32N8O2. The molecular weight excluding hydrogens is 492 g/mol. The number of nitrogens with one attached hydrogen (secondary N) is 2. The summed E-state index contributed by atoms with van der Waals surface area (Å²) < 4.78 is 12.9. The third-order valence-electron chi connectivity index (χ3n) is 8.15. The SMILES string of the molecule is CCOc1cc(-c2ccc(N3CC4C[C@H](NCc5ccc(OC)nc5)C[C@H]4C3)nc2)c2c3cn[nH]c3nn2c1. The number of H-pyrrole nitrogens is 1. The summed E-state index contributed by atoms with van der Waals surface area (Å²) in [5.74, 6) is 3.87. The molecule has 2 fully saturated rings. The van der Waals surface area contributed by atoms with Crippen molar-refractivity contribution < 1.29 is 9.47 Å². The molecule has 1 aliphatic carbocycles. The van der Waals surface area contributed by atoms with Gasteiger partial charge in [0.05, 0.1) is 37.0 Å². The molecule has 0 amide bonds. The summed E-state index contributed by atoms with van der Waals surface area (Å²) >= 11 is 0. The number of methoxy groups -OCH3 is 1. The number of rotatable bonds is 8. The zero-order chi connectivity index (χ0) is 26.3. The van der Waals surface area contributed by atoms with Gasteiger partial charge in [0.2, 0.25) is 5.88 Å². The van der Waals surface area contributed by atoms with Gasteiger partial charge in [0.1, 0.15) is 11.6 Å². The number of nitrogens with zero attached hydrogens (tertiary/aromatic N) is 6. The highest BCUT2D eigenvalue weighted by Crippen LogP contribution is 2.40.